The van der Waals surface area contributed by atoms with Gasteiger partial charge in [0, 0.05) is 31.9 Å². The van der Waals surface area contributed by atoms with E-state index in [1.54, 1.807) is 12.4 Å². The average Bonchev–Trinajstić information content (AvgIpc) is 2.99. The first-order valence-corrected chi connectivity index (χ1v) is 6.00. The van der Waals surface area contributed by atoms with Gasteiger partial charge in [0.15, 0.2) is 5.41 Å². The maximum Gasteiger partial charge on any atom is 0.404 e. The number of aromatic amines is 1. The Hall–Kier alpha value is -1.57. The first-order chi connectivity index (χ1) is 8.96. The lowest BCUT2D eigenvalue weighted by molar-refractivity contribution is -0.215. The molecule has 1 aliphatic rings. The number of aromatic nitrogens is 2. The quantitative estimate of drug-likeness (QED) is 0.754. The number of hydrogen-bond donors (Lipinski definition) is 3. The molecule has 0 saturated carbocycles. The average molecular weight is 276 g/mol. The zero-order chi connectivity index (χ0) is 13.9. The highest BCUT2D eigenvalue weighted by atomic mass is 19.4. The van der Waals surface area contributed by atoms with Crippen LogP contribution in [0.1, 0.15) is 12.2 Å². The van der Waals surface area contributed by atoms with Crippen LogP contribution >= 0.6 is 0 Å². The molecule has 106 valence electrons. The molecule has 0 aliphatic carbocycles. The van der Waals surface area contributed by atoms with E-state index in [1.165, 1.54) is 0 Å². The Bertz CT molecular complexity index is 424. The van der Waals surface area contributed by atoms with Gasteiger partial charge in [-0.05, 0) is 13.0 Å². The van der Waals surface area contributed by atoms with Gasteiger partial charge in [0.05, 0.1) is 0 Å². The van der Waals surface area contributed by atoms with E-state index in [0.29, 0.717) is 12.2 Å². The van der Waals surface area contributed by atoms with Gasteiger partial charge in [-0.3, -0.25) is 4.79 Å². The van der Waals surface area contributed by atoms with Crippen LogP contribution in [0.4, 0.5) is 13.2 Å². The van der Waals surface area contributed by atoms with Crippen LogP contribution in [-0.2, 0) is 11.2 Å². The summed E-state index contributed by atoms with van der Waals surface area (Å²) in [6, 6.07) is 0. The van der Waals surface area contributed by atoms with Crippen molar-refractivity contribution in [2.75, 3.05) is 19.6 Å². The smallest absolute Gasteiger partial charge is 0.355 e. The van der Waals surface area contributed by atoms with Gasteiger partial charge in [0.2, 0.25) is 5.91 Å². The molecule has 0 spiro atoms. The number of halogens is 3. The summed E-state index contributed by atoms with van der Waals surface area (Å²) >= 11 is 0. The number of alkyl halides is 3. The number of carbonyl (C=O) groups is 1. The summed E-state index contributed by atoms with van der Waals surface area (Å²) in [5, 5.41) is 4.96. The molecule has 1 aromatic rings. The van der Waals surface area contributed by atoms with Crippen LogP contribution in [0.2, 0.25) is 0 Å². The molecule has 0 radical (unpaired) electrons. The molecule has 0 aromatic carbocycles. The normalized spacial score (nSPS) is 23.5. The van der Waals surface area contributed by atoms with Crippen LogP contribution in [0, 0.1) is 5.41 Å². The fourth-order valence-corrected chi connectivity index (χ4v) is 2.15. The van der Waals surface area contributed by atoms with Gasteiger partial charge in [-0.1, -0.05) is 0 Å². The van der Waals surface area contributed by atoms with E-state index >= 15 is 0 Å². The molecule has 1 atom stereocenters. The fraction of sp³-hybridized carbons (Fsp3) is 0.636. The summed E-state index contributed by atoms with van der Waals surface area (Å²) in [7, 11) is 0. The Morgan fingerprint density at radius 2 is 2.32 bits per heavy atom. The molecule has 1 unspecified atom stereocenters. The second kappa shape index (κ2) is 5.20. The lowest BCUT2D eigenvalue weighted by Crippen LogP contribution is -2.52. The fourth-order valence-electron chi connectivity index (χ4n) is 2.15. The number of nitrogens with one attached hydrogen (secondary N) is 3. The number of H-pyrrole nitrogens is 1. The van der Waals surface area contributed by atoms with E-state index in [1.807, 2.05) is 0 Å². The van der Waals surface area contributed by atoms with Crippen molar-refractivity contribution in [3.8, 4) is 0 Å². The van der Waals surface area contributed by atoms with Crippen molar-refractivity contribution in [3.05, 3.63) is 18.2 Å². The van der Waals surface area contributed by atoms with Gasteiger partial charge < -0.3 is 15.6 Å². The summed E-state index contributed by atoms with van der Waals surface area (Å²) in [5.74, 6) is -0.331. The molecule has 8 heteroatoms. The minimum absolute atomic E-state index is 0.129. The molecule has 2 heterocycles. The van der Waals surface area contributed by atoms with Gasteiger partial charge in [-0.25, -0.2) is 4.98 Å². The van der Waals surface area contributed by atoms with Crippen molar-refractivity contribution in [2.24, 2.45) is 5.41 Å². The van der Waals surface area contributed by atoms with Crippen molar-refractivity contribution in [1.29, 1.82) is 0 Å². The number of amides is 1. The molecule has 1 aliphatic heterocycles. The van der Waals surface area contributed by atoms with E-state index in [-0.39, 0.29) is 26.1 Å². The lowest BCUT2D eigenvalue weighted by atomic mass is 9.85. The zero-order valence-electron chi connectivity index (χ0n) is 10.2. The monoisotopic (exact) mass is 276 g/mol. The molecule has 3 N–H and O–H groups in total. The lowest BCUT2D eigenvalue weighted by Gasteiger charge is -2.29. The predicted octanol–water partition coefficient (Wildman–Crippen LogP) is 0.610. The Labute approximate surface area is 108 Å². The Balaban J connectivity index is 1.93. The largest absolute Gasteiger partial charge is 0.404 e. The van der Waals surface area contributed by atoms with Crippen LogP contribution in [0.25, 0.3) is 0 Å². The van der Waals surface area contributed by atoms with Gasteiger partial charge in [0.25, 0.3) is 0 Å². The van der Waals surface area contributed by atoms with Gasteiger partial charge in [-0.2, -0.15) is 13.2 Å². The second-order valence-corrected chi connectivity index (χ2v) is 4.55. The van der Waals surface area contributed by atoms with Crippen LogP contribution < -0.4 is 10.6 Å². The third kappa shape index (κ3) is 2.73. The third-order valence-electron chi connectivity index (χ3n) is 3.33. The number of imidazole rings is 1. The zero-order valence-corrected chi connectivity index (χ0v) is 10.2. The first kappa shape index (κ1) is 13.9. The van der Waals surface area contributed by atoms with Crippen molar-refractivity contribution >= 4 is 5.91 Å². The van der Waals surface area contributed by atoms with Crippen LogP contribution in [0.15, 0.2) is 12.4 Å². The standard InChI is InChI=1S/C11H15F3N4O/c12-11(13,14)10(2-4-15-7-10)9(19)18-3-1-8-16-5-6-17-8/h5-6,15H,1-4,7H2,(H,16,17)(H,18,19). The number of rotatable bonds is 4. The minimum atomic E-state index is -4.54. The summed E-state index contributed by atoms with van der Waals surface area (Å²) in [6.07, 6.45) is -1.21. The Morgan fingerprint density at radius 3 is 2.84 bits per heavy atom. The molecular weight excluding hydrogens is 261 g/mol. The van der Waals surface area contributed by atoms with Crippen molar-refractivity contribution in [1.82, 2.24) is 20.6 Å². The van der Waals surface area contributed by atoms with Crippen LogP contribution in [0.5, 0.6) is 0 Å². The Morgan fingerprint density at radius 1 is 1.53 bits per heavy atom. The van der Waals surface area contributed by atoms with Crippen molar-refractivity contribution in [3.63, 3.8) is 0 Å². The maximum absolute atomic E-state index is 13.0. The predicted molar refractivity (Wildman–Crippen MR) is 61.3 cm³/mol. The number of hydrogen-bond acceptors (Lipinski definition) is 3. The molecule has 1 saturated heterocycles. The molecule has 2 rings (SSSR count). The van der Waals surface area contributed by atoms with E-state index in [9.17, 15) is 18.0 Å². The van der Waals surface area contributed by atoms with Gasteiger partial charge in [0.1, 0.15) is 5.82 Å². The van der Waals surface area contributed by atoms with Crippen LogP contribution in [-0.4, -0.2) is 41.7 Å². The van der Waals surface area contributed by atoms with Gasteiger partial charge in [-0.15, -0.1) is 0 Å². The molecular formula is C11H15F3N4O. The summed E-state index contributed by atoms with van der Waals surface area (Å²) in [4.78, 5) is 18.6. The molecule has 19 heavy (non-hydrogen) atoms. The van der Waals surface area contributed by atoms with Gasteiger partial charge >= 0.3 is 6.18 Å². The molecule has 1 amide bonds. The highest BCUT2D eigenvalue weighted by molar-refractivity contribution is 5.84. The molecule has 5 nitrogen and oxygen atoms in total. The minimum Gasteiger partial charge on any atom is -0.355 e. The van der Waals surface area contributed by atoms with E-state index in [0.717, 1.165) is 0 Å². The van der Waals surface area contributed by atoms with Crippen molar-refractivity contribution in [2.45, 2.75) is 19.0 Å². The first-order valence-electron chi connectivity index (χ1n) is 6.00. The molecule has 0 bridgehead atoms. The topological polar surface area (TPSA) is 69.8 Å². The SMILES string of the molecule is O=C(NCCc1ncc[nH]1)C1(C(F)(F)F)CCNC1. The third-order valence-corrected chi connectivity index (χ3v) is 3.33. The maximum atomic E-state index is 13.0. The highest BCUT2D eigenvalue weighted by Gasteiger charge is 2.61. The molecule has 1 fully saturated rings. The summed E-state index contributed by atoms with van der Waals surface area (Å²) in [6.45, 7) is -0.0294. The van der Waals surface area contributed by atoms with Crippen LogP contribution in [0.3, 0.4) is 0 Å². The van der Waals surface area contributed by atoms with E-state index in [4.69, 9.17) is 0 Å². The number of nitrogens with zero attached hydrogens (tertiary/aromatic N) is 1. The van der Waals surface area contributed by atoms with Crippen molar-refractivity contribution < 1.29 is 18.0 Å². The summed E-state index contributed by atoms with van der Waals surface area (Å²) < 4.78 is 39.1. The molecule has 1 aromatic heterocycles. The summed E-state index contributed by atoms with van der Waals surface area (Å²) in [5.41, 5.74) is -2.30. The second-order valence-electron chi connectivity index (χ2n) is 4.55. The van der Waals surface area contributed by atoms with E-state index < -0.39 is 17.5 Å². The van der Waals surface area contributed by atoms with E-state index in [2.05, 4.69) is 20.6 Å². The highest BCUT2D eigenvalue weighted by Crippen LogP contribution is 2.43. The Kier molecular flexibility index (Phi) is 3.79. The number of carbonyl (C=O) groups excluding carboxylic acids is 1.